The molecule has 0 radical (unpaired) electrons. The van der Waals surface area contributed by atoms with Gasteiger partial charge in [0, 0.05) is 6.54 Å². The summed E-state index contributed by atoms with van der Waals surface area (Å²) < 4.78 is 10.6. The van der Waals surface area contributed by atoms with Crippen LogP contribution in [0.3, 0.4) is 0 Å². The molecule has 1 aromatic rings. The zero-order valence-electron chi connectivity index (χ0n) is 9.25. The first-order valence-electron chi connectivity index (χ1n) is 4.92. The molecular weight excluding hydrogens is 190 g/mol. The first kappa shape index (κ1) is 11.6. The Hall–Kier alpha value is -1.48. The van der Waals surface area contributed by atoms with E-state index < -0.39 is 0 Å². The van der Waals surface area contributed by atoms with E-state index in [0.717, 1.165) is 16.9 Å². The summed E-state index contributed by atoms with van der Waals surface area (Å²) in [6.07, 6.45) is 0. The van der Waals surface area contributed by atoms with Crippen LogP contribution in [0.25, 0.3) is 5.57 Å². The normalized spacial score (nSPS) is 9.80. The summed E-state index contributed by atoms with van der Waals surface area (Å²) in [5.74, 6) is 1.46. The van der Waals surface area contributed by atoms with E-state index in [1.807, 2.05) is 25.1 Å². The fourth-order valence-electron chi connectivity index (χ4n) is 1.28. The van der Waals surface area contributed by atoms with Crippen LogP contribution >= 0.6 is 0 Å². The van der Waals surface area contributed by atoms with Crippen molar-refractivity contribution in [1.82, 2.24) is 0 Å². The van der Waals surface area contributed by atoms with E-state index in [4.69, 9.17) is 15.2 Å². The van der Waals surface area contributed by atoms with E-state index in [2.05, 4.69) is 6.58 Å². The summed E-state index contributed by atoms with van der Waals surface area (Å²) in [6.45, 7) is 6.87. The number of hydrogen-bond donors (Lipinski definition) is 1. The molecule has 0 amide bonds. The average Bonchev–Trinajstić information content (AvgIpc) is 2.29. The number of rotatable bonds is 5. The minimum absolute atomic E-state index is 0.442. The Morgan fingerprint density at radius 2 is 2.13 bits per heavy atom. The van der Waals surface area contributed by atoms with E-state index >= 15 is 0 Å². The van der Waals surface area contributed by atoms with Crippen molar-refractivity contribution in [3.05, 3.63) is 30.3 Å². The largest absolute Gasteiger partial charge is 0.493 e. The molecule has 0 aliphatic rings. The van der Waals surface area contributed by atoms with Gasteiger partial charge in [0.1, 0.15) is 0 Å². The van der Waals surface area contributed by atoms with Gasteiger partial charge in [-0.15, -0.1) is 0 Å². The maximum Gasteiger partial charge on any atom is 0.161 e. The molecule has 0 bridgehead atoms. The number of methoxy groups -OCH3 is 1. The molecule has 0 unspecified atom stereocenters. The Bertz CT molecular complexity index is 347. The summed E-state index contributed by atoms with van der Waals surface area (Å²) in [7, 11) is 1.62. The Kier molecular flexibility index (Phi) is 4.18. The zero-order chi connectivity index (χ0) is 11.3. The molecule has 0 fully saturated rings. The lowest BCUT2D eigenvalue weighted by atomic mass is 10.1. The SMILES string of the molecule is C=C(CN)c1ccc(OCC)c(OC)c1. The molecule has 0 aromatic heterocycles. The molecule has 0 atom stereocenters. The van der Waals surface area contributed by atoms with Gasteiger partial charge in [0.15, 0.2) is 11.5 Å². The summed E-state index contributed by atoms with van der Waals surface area (Å²) >= 11 is 0. The molecule has 0 saturated heterocycles. The van der Waals surface area contributed by atoms with Crippen LogP contribution in [0.4, 0.5) is 0 Å². The lowest BCUT2D eigenvalue weighted by molar-refractivity contribution is 0.311. The first-order valence-corrected chi connectivity index (χ1v) is 4.92. The molecule has 0 aliphatic heterocycles. The molecule has 2 N–H and O–H groups in total. The molecule has 82 valence electrons. The third-order valence-electron chi connectivity index (χ3n) is 2.12. The van der Waals surface area contributed by atoms with Gasteiger partial charge in [-0.05, 0) is 30.2 Å². The predicted molar refractivity (Wildman–Crippen MR) is 62.3 cm³/mol. The van der Waals surface area contributed by atoms with Gasteiger partial charge >= 0.3 is 0 Å². The smallest absolute Gasteiger partial charge is 0.161 e. The van der Waals surface area contributed by atoms with Crippen molar-refractivity contribution in [2.75, 3.05) is 20.3 Å². The lowest BCUT2D eigenvalue weighted by Crippen LogP contribution is -2.02. The van der Waals surface area contributed by atoms with Crippen molar-refractivity contribution in [1.29, 1.82) is 0 Å². The lowest BCUT2D eigenvalue weighted by Gasteiger charge is -2.11. The second kappa shape index (κ2) is 5.41. The fraction of sp³-hybridized carbons (Fsp3) is 0.333. The van der Waals surface area contributed by atoms with Gasteiger partial charge in [-0.2, -0.15) is 0 Å². The Morgan fingerprint density at radius 1 is 1.40 bits per heavy atom. The second-order valence-corrected chi connectivity index (χ2v) is 3.11. The average molecular weight is 207 g/mol. The van der Waals surface area contributed by atoms with Crippen LogP contribution in [0, 0.1) is 0 Å². The molecule has 1 rings (SSSR count). The van der Waals surface area contributed by atoms with E-state index in [1.54, 1.807) is 7.11 Å². The van der Waals surface area contributed by atoms with Gasteiger partial charge in [0.2, 0.25) is 0 Å². The van der Waals surface area contributed by atoms with Crippen LogP contribution in [0.15, 0.2) is 24.8 Å². The highest BCUT2D eigenvalue weighted by Gasteiger charge is 2.06. The third kappa shape index (κ3) is 2.73. The van der Waals surface area contributed by atoms with Gasteiger partial charge in [0.25, 0.3) is 0 Å². The predicted octanol–water partition coefficient (Wildman–Crippen LogP) is 2.07. The summed E-state index contributed by atoms with van der Waals surface area (Å²) in [5, 5.41) is 0. The topological polar surface area (TPSA) is 44.5 Å². The van der Waals surface area contributed by atoms with E-state index in [-0.39, 0.29) is 0 Å². The monoisotopic (exact) mass is 207 g/mol. The molecule has 3 heteroatoms. The second-order valence-electron chi connectivity index (χ2n) is 3.11. The highest BCUT2D eigenvalue weighted by Crippen LogP contribution is 2.29. The van der Waals surface area contributed by atoms with Crippen LogP contribution in [0.2, 0.25) is 0 Å². The standard InChI is InChI=1S/C12H17NO2/c1-4-15-11-6-5-10(9(2)8-13)7-12(11)14-3/h5-7H,2,4,8,13H2,1,3H3. The van der Waals surface area contributed by atoms with Crippen LogP contribution in [-0.2, 0) is 0 Å². The minimum atomic E-state index is 0.442. The van der Waals surface area contributed by atoms with E-state index in [0.29, 0.717) is 18.9 Å². The van der Waals surface area contributed by atoms with Crippen molar-refractivity contribution in [3.63, 3.8) is 0 Å². The van der Waals surface area contributed by atoms with Gasteiger partial charge in [-0.3, -0.25) is 0 Å². The molecular formula is C12H17NO2. The van der Waals surface area contributed by atoms with Gasteiger partial charge in [-0.1, -0.05) is 12.6 Å². The molecule has 0 heterocycles. The number of hydrogen-bond acceptors (Lipinski definition) is 3. The minimum Gasteiger partial charge on any atom is -0.493 e. The van der Waals surface area contributed by atoms with Crippen LogP contribution < -0.4 is 15.2 Å². The Balaban J connectivity index is 3.01. The number of nitrogens with two attached hydrogens (primary N) is 1. The molecule has 3 nitrogen and oxygen atoms in total. The van der Waals surface area contributed by atoms with E-state index in [9.17, 15) is 0 Å². The highest BCUT2D eigenvalue weighted by molar-refractivity contribution is 5.67. The maximum absolute atomic E-state index is 5.52. The van der Waals surface area contributed by atoms with Gasteiger partial charge in [-0.25, -0.2) is 0 Å². The molecule has 0 saturated carbocycles. The van der Waals surface area contributed by atoms with Crippen molar-refractivity contribution < 1.29 is 9.47 Å². The van der Waals surface area contributed by atoms with Crippen LogP contribution in [-0.4, -0.2) is 20.3 Å². The molecule has 0 aliphatic carbocycles. The first-order chi connectivity index (χ1) is 7.22. The van der Waals surface area contributed by atoms with Gasteiger partial charge < -0.3 is 15.2 Å². The Morgan fingerprint density at radius 3 is 2.67 bits per heavy atom. The fourth-order valence-corrected chi connectivity index (χ4v) is 1.28. The molecule has 1 aromatic carbocycles. The summed E-state index contributed by atoms with van der Waals surface area (Å²) in [6, 6.07) is 5.70. The van der Waals surface area contributed by atoms with Crippen molar-refractivity contribution in [3.8, 4) is 11.5 Å². The van der Waals surface area contributed by atoms with E-state index in [1.165, 1.54) is 0 Å². The van der Waals surface area contributed by atoms with Crippen molar-refractivity contribution >= 4 is 5.57 Å². The van der Waals surface area contributed by atoms with Crippen LogP contribution in [0.1, 0.15) is 12.5 Å². The zero-order valence-corrected chi connectivity index (χ0v) is 9.25. The Labute approximate surface area is 90.5 Å². The summed E-state index contributed by atoms with van der Waals surface area (Å²) in [5.41, 5.74) is 7.39. The number of benzene rings is 1. The quantitative estimate of drug-likeness (QED) is 0.803. The maximum atomic E-state index is 5.52. The van der Waals surface area contributed by atoms with Gasteiger partial charge in [0.05, 0.1) is 13.7 Å². The van der Waals surface area contributed by atoms with Crippen molar-refractivity contribution in [2.24, 2.45) is 5.73 Å². The molecule has 15 heavy (non-hydrogen) atoms. The highest BCUT2D eigenvalue weighted by atomic mass is 16.5. The number of ether oxygens (including phenoxy) is 2. The summed E-state index contributed by atoms with van der Waals surface area (Å²) in [4.78, 5) is 0. The molecule has 0 spiro atoms. The van der Waals surface area contributed by atoms with Crippen LogP contribution in [0.5, 0.6) is 11.5 Å². The third-order valence-corrected chi connectivity index (χ3v) is 2.12. The van der Waals surface area contributed by atoms with Crippen molar-refractivity contribution in [2.45, 2.75) is 6.92 Å².